The number of nitriles is 1. The van der Waals surface area contributed by atoms with Crippen molar-refractivity contribution < 1.29 is 22.9 Å². The van der Waals surface area contributed by atoms with Crippen LogP contribution in [0.1, 0.15) is 28.5 Å². The van der Waals surface area contributed by atoms with Crippen LogP contribution in [0.2, 0.25) is 0 Å². The van der Waals surface area contributed by atoms with Crippen LogP contribution in [-0.2, 0) is 14.8 Å². The van der Waals surface area contributed by atoms with Crippen LogP contribution in [0.15, 0.2) is 41.3 Å². The summed E-state index contributed by atoms with van der Waals surface area (Å²) in [5, 5.41) is 9.28. The van der Waals surface area contributed by atoms with Crippen LogP contribution in [0.25, 0.3) is 0 Å². The molecule has 152 valence electrons. The summed E-state index contributed by atoms with van der Waals surface area (Å²) < 4.78 is 32.2. The van der Waals surface area contributed by atoms with Crippen molar-refractivity contribution in [2.24, 2.45) is 0 Å². The summed E-state index contributed by atoms with van der Waals surface area (Å²) in [5.74, 6) is 0.0197. The monoisotopic (exact) mass is 415 g/mol. The van der Waals surface area contributed by atoms with Gasteiger partial charge in [0.15, 0.2) is 0 Å². The molecule has 2 heterocycles. The van der Waals surface area contributed by atoms with E-state index in [1.54, 1.807) is 44.2 Å². The second-order valence-electron chi connectivity index (χ2n) is 6.61. The Hall–Kier alpha value is -2.96. The fraction of sp³-hybridized carbons (Fsp3) is 0.350. The number of nitrogens with one attached hydrogen (secondary N) is 1. The molecule has 29 heavy (non-hydrogen) atoms. The third kappa shape index (κ3) is 4.23. The van der Waals surface area contributed by atoms with Crippen LogP contribution in [-0.4, -0.2) is 51.5 Å². The molecule has 0 spiro atoms. The first kappa shape index (κ1) is 20.8. The molecular formula is C20H23N4O4S+. The number of aryl methyl sites for hydroxylation is 1. The zero-order valence-electron chi connectivity index (χ0n) is 16.4. The van der Waals surface area contributed by atoms with Crippen molar-refractivity contribution in [3.05, 3.63) is 53.2 Å². The molecule has 0 atom stereocenters. The van der Waals surface area contributed by atoms with Gasteiger partial charge < -0.3 is 4.74 Å². The molecule has 0 radical (unpaired) electrons. The van der Waals surface area contributed by atoms with E-state index in [1.165, 1.54) is 10.4 Å². The fourth-order valence-corrected chi connectivity index (χ4v) is 4.70. The molecule has 1 aliphatic heterocycles. The van der Waals surface area contributed by atoms with Gasteiger partial charge in [0.25, 0.3) is 5.82 Å². The number of sulfonamides is 1. The number of piperazine rings is 1. The number of carbonyl (C=O) groups is 1. The summed E-state index contributed by atoms with van der Waals surface area (Å²) in [6.45, 7) is 5.07. The molecule has 1 aliphatic rings. The normalized spacial score (nSPS) is 15.0. The number of H-pyrrole nitrogens is 1. The van der Waals surface area contributed by atoms with Crippen molar-refractivity contribution in [2.45, 2.75) is 18.7 Å². The second-order valence-corrected chi connectivity index (χ2v) is 8.54. The van der Waals surface area contributed by atoms with Gasteiger partial charge in [0.05, 0.1) is 43.2 Å². The summed E-state index contributed by atoms with van der Waals surface area (Å²) >= 11 is 0. The number of benzene rings is 1. The SMILES string of the molecule is CCOC(=O)c1cc(C#N)c(C)[nH+]c1N1CCN(S(=O)(=O)c2ccccc2)CC1. The molecule has 8 nitrogen and oxygen atoms in total. The van der Waals surface area contributed by atoms with Gasteiger partial charge in [-0.05, 0) is 32.0 Å². The molecule has 0 unspecified atom stereocenters. The van der Waals surface area contributed by atoms with Crippen molar-refractivity contribution in [1.82, 2.24) is 4.31 Å². The Kier molecular flexibility index (Phi) is 6.15. The van der Waals surface area contributed by atoms with Gasteiger partial charge in [-0.25, -0.2) is 18.2 Å². The van der Waals surface area contributed by atoms with E-state index in [4.69, 9.17) is 4.74 Å². The maximum atomic E-state index is 12.8. The average molecular weight is 415 g/mol. The van der Waals surface area contributed by atoms with E-state index in [2.05, 4.69) is 11.1 Å². The standard InChI is InChI=1S/C20H22N4O4S/c1-3-28-20(25)18-13-16(14-21)15(2)22-19(18)23-9-11-24(12-10-23)29(26,27)17-7-5-4-6-8-17/h4-8,13H,3,9-12H2,1-2H3/p+1. The number of ether oxygens (including phenoxy) is 1. The largest absolute Gasteiger partial charge is 0.462 e. The lowest BCUT2D eigenvalue weighted by molar-refractivity contribution is -0.374. The van der Waals surface area contributed by atoms with Crippen LogP contribution in [0.5, 0.6) is 0 Å². The number of nitrogens with zero attached hydrogens (tertiary/aromatic N) is 3. The molecule has 1 aromatic heterocycles. The van der Waals surface area contributed by atoms with Crippen LogP contribution in [0.4, 0.5) is 5.82 Å². The minimum atomic E-state index is -3.56. The van der Waals surface area contributed by atoms with Crippen molar-refractivity contribution in [3.63, 3.8) is 0 Å². The maximum absolute atomic E-state index is 12.8. The third-order valence-electron chi connectivity index (χ3n) is 4.81. The van der Waals surface area contributed by atoms with Gasteiger partial charge in [-0.15, -0.1) is 0 Å². The summed E-state index contributed by atoms with van der Waals surface area (Å²) in [7, 11) is -3.56. The van der Waals surface area contributed by atoms with Crippen LogP contribution < -0.4 is 9.88 Å². The molecule has 1 fully saturated rings. The average Bonchev–Trinajstić information content (AvgIpc) is 2.74. The number of pyridine rings is 1. The van der Waals surface area contributed by atoms with Crippen LogP contribution in [0, 0.1) is 18.3 Å². The predicted octanol–water partition coefficient (Wildman–Crippen LogP) is 1.37. The highest BCUT2D eigenvalue weighted by atomic mass is 32.2. The predicted molar refractivity (Wildman–Crippen MR) is 106 cm³/mol. The Bertz CT molecular complexity index is 1040. The Labute approximate surface area is 170 Å². The van der Waals surface area contributed by atoms with E-state index in [0.29, 0.717) is 30.2 Å². The Balaban J connectivity index is 1.85. The minimum Gasteiger partial charge on any atom is -0.462 e. The number of hydrogen-bond acceptors (Lipinski definition) is 6. The summed E-state index contributed by atoms with van der Waals surface area (Å²) in [5.41, 5.74) is 1.27. The highest BCUT2D eigenvalue weighted by Gasteiger charge is 2.34. The zero-order valence-corrected chi connectivity index (χ0v) is 17.2. The lowest BCUT2D eigenvalue weighted by Crippen LogP contribution is -2.50. The van der Waals surface area contributed by atoms with Crippen molar-refractivity contribution in [3.8, 4) is 6.07 Å². The zero-order chi connectivity index (χ0) is 21.0. The van der Waals surface area contributed by atoms with E-state index >= 15 is 0 Å². The Morgan fingerprint density at radius 3 is 2.45 bits per heavy atom. The van der Waals surface area contributed by atoms with Gasteiger partial charge >= 0.3 is 5.97 Å². The van der Waals surface area contributed by atoms with E-state index in [-0.39, 0.29) is 30.2 Å². The number of esters is 1. The maximum Gasteiger partial charge on any atom is 0.346 e. The highest BCUT2D eigenvalue weighted by molar-refractivity contribution is 7.89. The fourth-order valence-electron chi connectivity index (χ4n) is 3.26. The topological polar surface area (TPSA) is 105 Å². The van der Waals surface area contributed by atoms with E-state index in [0.717, 1.165) is 0 Å². The first-order valence-electron chi connectivity index (χ1n) is 9.32. The first-order valence-corrected chi connectivity index (χ1v) is 10.8. The molecule has 0 saturated carbocycles. The number of anilines is 1. The van der Waals surface area contributed by atoms with Crippen molar-refractivity contribution >= 4 is 21.8 Å². The highest BCUT2D eigenvalue weighted by Crippen LogP contribution is 2.23. The molecule has 2 aromatic rings. The molecular weight excluding hydrogens is 392 g/mol. The van der Waals surface area contributed by atoms with Crippen LogP contribution in [0.3, 0.4) is 0 Å². The summed E-state index contributed by atoms with van der Waals surface area (Å²) in [4.78, 5) is 17.7. The van der Waals surface area contributed by atoms with Crippen LogP contribution >= 0.6 is 0 Å². The van der Waals surface area contributed by atoms with E-state index in [9.17, 15) is 18.5 Å². The molecule has 1 saturated heterocycles. The molecule has 0 bridgehead atoms. The molecule has 3 rings (SSSR count). The van der Waals surface area contributed by atoms with Crippen molar-refractivity contribution in [2.75, 3.05) is 37.7 Å². The number of aromatic nitrogens is 1. The number of aromatic amines is 1. The first-order chi connectivity index (χ1) is 13.9. The van der Waals surface area contributed by atoms with Gasteiger partial charge in [0.2, 0.25) is 10.0 Å². The third-order valence-corrected chi connectivity index (χ3v) is 6.72. The van der Waals surface area contributed by atoms with Gasteiger partial charge in [0.1, 0.15) is 17.3 Å². The molecule has 0 aliphatic carbocycles. The number of rotatable bonds is 5. The van der Waals surface area contributed by atoms with Gasteiger partial charge in [0, 0.05) is 0 Å². The number of hydrogen-bond donors (Lipinski definition) is 0. The second kappa shape index (κ2) is 8.59. The quantitative estimate of drug-likeness (QED) is 0.683. The van der Waals surface area contributed by atoms with Gasteiger partial charge in [-0.2, -0.15) is 9.57 Å². The van der Waals surface area contributed by atoms with E-state index < -0.39 is 16.0 Å². The summed E-state index contributed by atoms with van der Waals surface area (Å²) in [6.07, 6.45) is 0. The smallest absolute Gasteiger partial charge is 0.346 e. The Morgan fingerprint density at radius 1 is 1.21 bits per heavy atom. The molecule has 1 aromatic carbocycles. The Morgan fingerprint density at radius 2 is 1.86 bits per heavy atom. The van der Waals surface area contributed by atoms with Gasteiger partial charge in [-0.1, -0.05) is 18.2 Å². The van der Waals surface area contributed by atoms with Gasteiger partial charge in [-0.3, -0.25) is 4.90 Å². The lowest BCUT2D eigenvalue weighted by atomic mass is 10.1. The lowest BCUT2D eigenvalue weighted by Gasteiger charge is -2.30. The molecule has 9 heteroatoms. The molecule has 0 amide bonds. The minimum absolute atomic E-state index is 0.219. The number of carbonyl (C=O) groups excluding carboxylic acids is 1. The molecule has 1 N–H and O–H groups in total. The van der Waals surface area contributed by atoms with Crippen molar-refractivity contribution in [1.29, 1.82) is 5.26 Å². The summed E-state index contributed by atoms with van der Waals surface area (Å²) in [6, 6.07) is 11.9. The van der Waals surface area contributed by atoms with E-state index in [1.807, 2.05) is 4.90 Å².